The van der Waals surface area contributed by atoms with Crippen LogP contribution in [-0.4, -0.2) is 35.7 Å². The van der Waals surface area contributed by atoms with E-state index in [1.54, 1.807) is 0 Å². The van der Waals surface area contributed by atoms with Crippen molar-refractivity contribution in [1.29, 1.82) is 0 Å². The Labute approximate surface area is 160 Å². The molecule has 1 heterocycles. The molecule has 5 heteroatoms. The van der Waals surface area contributed by atoms with E-state index in [4.69, 9.17) is 23.8 Å². The largest absolute Gasteiger partial charge is 0.365 e. The molecular weight excluding hydrogens is 350 g/mol. The summed E-state index contributed by atoms with van der Waals surface area (Å²) in [6.07, 6.45) is 0. The van der Waals surface area contributed by atoms with Crippen molar-refractivity contribution in [1.82, 2.24) is 10.2 Å². The lowest BCUT2D eigenvalue weighted by atomic mass is 10.1. The number of hydrogen-bond acceptors (Lipinski definition) is 2. The lowest BCUT2D eigenvalue weighted by Crippen LogP contribution is -2.55. The van der Waals surface area contributed by atoms with E-state index in [0.29, 0.717) is 6.04 Å². The van der Waals surface area contributed by atoms with Crippen molar-refractivity contribution in [3.63, 3.8) is 0 Å². The van der Waals surface area contributed by atoms with E-state index < -0.39 is 0 Å². The summed E-state index contributed by atoms with van der Waals surface area (Å²) in [7, 11) is 0. The zero-order chi connectivity index (χ0) is 17.8. The van der Waals surface area contributed by atoms with Gasteiger partial charge in [0.05, 0.1) is 0 Å². The molecule has 1 saturated heterocycles. The van der Waals surface area contributed by atoms with E-state index in [9.17, 15) is 0 Å². The van der Waals surface area contributed by atoms with Gasteiger partial charge >= 0.3 is 0 Å². The zero-order valence-electron chi connectivity index (χ0n) is 14.7. The van der Waals surface area contributed by atoms with Gasteiger partial charge in [0.15, 0.2) is 5.11 Å². The molecule has 0 bridgehead atoms. The number of aryl methyl sites for hydroxylation is 1. The molecule has 0 saturated carbocycles. The van der Waals surface area contributed by atoms with E-state index in [0.717, 1.165) is 36.3 Å². The molecule has 0 radical (unpaired) electrons. The molecule has 3 nitrogen and oxygen atoms in total. The lowest BCUT2D eigenvalue weighted by molar-refractivity contribution is 0.334. The molecule has 0 unspecified atom stereocenters. The van der Waals surface area contributed by atoms with Gasteiger partial charge in [0.2, 0.25) is 0 Å². The predicted molar refractivity (Wildman–Crippen MR) is 110 cm³/mol. The molecule has 1 aliphatic rings. The second kappa shape index (κ2) is 8.07. The van der Waals surface area contributed by atoms with Crippen LogP contribution in [0.4, 0.5) is 5.69 Å². The van der Waals surface area contributed by atoms with Crippen molar-refractivity contribution < 1.29 is 0 Å². The van der Waals surface area contributed by atoms with Crippen LogP contribution in [-0.2, 0) is 6.54 Å². The van der Waals surface area contributed by atoms with Crippen molar-refractivity contribution in [2.45, 2.75) is 26.4 Å². The Balaban J connectivity index is 1.54. The topological polar surface area (TPSA) is 18.5 Å². The van der Waals surface area contributed by atoms with Crippen LogP contribution in [0.3, 0.4) is 0 Å². The van der Waals surface area contributed by atoms with E-state index in [1.807, 2.05) is 24.3 Å². The first-order chi connectivity index (χ1) is 12.0. The Kier molecular flexibility index (Phi) is 5.82. The highest BCUT2D eigenvalue weighted by molar-refractivity contribution is 7.80. The SMILES string of the molecule is Cc1ccc(N2CCN(C(=S)NCc3ccc(Cl)cc3)C[C@H]2C)cc1. The Morgan fingerprint density at radius 1 is 1.12 bits per heavy atom. The van der Waals surface area contributed by atoms with Gasteiger partial charge in [-0.25, -0.2) is 0 Å². The molecule has 1 aliphatic heterocycles. The lowest BCUT2D eigenvalue weighted by Gasteiger charge is -2.42. The molecule has 132 valence electrons. The minimum absolute atomic E-state index is 0.423. The van der Waals surface area contributed by atoms with Crippen molar-refractivity contribution in [3.05, 3.63) is 64.7 Å². The summed E-state index contributed by atoms with van der Waals surface area (Å²) in [5, 5.41) is 4.95. The Bertz CT molecular complexity index is 715. The molecule has 25 heavy (non-hydrogen) atoms. The minimum Gasteiger partial charge on any atom is -0.365 e. The minimum atomic E-state index is 0.423. The third-order valence-electron chi connectivity index (χ3n) is 4.64. The molecule has 1 fully saturated rings. The van der Waals surface area contributed by atoms with Gasteiger partial charge < -0.3 is 15.1 Å². The number of hydrogen-bond donors (Lipinski definition) is 1. The highest BCUT2D eigenvalue weighted by Crippen LogP contribution is 2.21. The van der Waals surface area contributed by atoms with Gasteiger partial charge in [-0.2, -0.15) is 0 Å². The fourth-order valence-corrected chi connectivity index (χ4v) is 3.52. The first-order valence-corrected chi connectivity index (χ1v) is 9.42. The van der Waals surface area contributed by atoms with E-state index in [2.05, 4.69) is 53.2 Å². The van der Waals surface area contributed by atoms with Crippen LogP contribution >= 0.6 is 23.8 Å². The molecule has 0 aliphatic carbocycles. The van der Waals surface area contributed by atoms with Crippen molar-refractivity contribution in [2.75, 3.05) is 24.5 Å². The van der Waals surface area contributed by atoms with Gasteiger partial charge in [0, 0.05) is 42.9 Å². The number of rotatable bonds is 3. The maximum Gasteiger partial charge on any atom is 0.169 e. The van der Waals surface area contributed by atoms with Crippen LogP contribution < -0.4 is 10.2 Å². The zero-order valence-corrected chi connectivity index (χ0v) is 16.3. The number of piperazine rings is 1. The van der Waals surface area contributed by atoms with Crippen LogP contribution in [0.2, 0.25) is 5.02 Å². The van der Waals surface area contributed by atoms with Gasteiger partial charge in [0.1, 0.15) is 0 Å². The normalized spacial score (nSPS) is 17.5. The third kappa shape index (κ3) is 4.65. The summed E-state index contributed by atoms with van der Waals surface area (Å²) in [5.41, 5.74) is 3.76. The monoisotopic (exact) mass is 373 g/mol. The van der Waals surface area contributed by atoms with Crippen molar-refractivity contribution in [3.8, 4) is 0 Å². The molecule has 3 rings (SSSR count). The van der Waals surface area contributed by atoms with E-state index in [1.165, 1.54) is 16.8 Å². The smallest absolute Gasteiger partial charge is 0.169 e. The average Bonchev–Trinajstić information content (AvgIpc) is 2.62. The van der Waals surface area contributed by atoms with Crippen LogP contribution in [0.1, 0.15) is 18.1 Å². The predicted octanol–water partition coefficient (Wildman–Crippen LogP) is 4.23. The highest BCUT2D eigenvalue weighted by Gasteiger charge is 2.25. The molecule has 0 spiro atoms. The Morgan fingerprint density at radius 2 is 1.80 bits per heavy atom. The van der Waals surface area contributed by atoms with Gasteiger partial charge in [-0.15, -0.1) is 0 Å². The second-order valence-corrected chi connectivity index (χ2v) is 7.43. The molecular formula is C20H24ClN3S. The summed E-state index contributed by atoms with van der Waals surface area (Å²) in [5.74, 6) is 0. The molecule has 0 amide bonds. The maximum absolute atomic E-state index is 5.93. The molecule has 2 aromatic carbocycles. The van der Waals surface area contributed by atoms with Gasteiger partial charge in [-0.1, -0.05) is 41.4 Å². The first-order valence-electron chi connectivity index (χ1n) is 8.63. The highest BCUT2D eigenvalue weighted by atomic mass is 35.5. The summed E-state index contributed by atoms with van der Waals surface area (Å²) in [4.78, 5) is 4.72. The molecule has 0 aromatic heterocycles. The van der Waals surface area contributed by atoms with E-state index in [-0.39, 0.29) is 0 Å². The molecule has 1 N–H and O–H groups in total. The second-order valence-electron chi connectivity index (χ2n) is 6.61. The first kappa shape index (κ1) is 18.0. The quantitative estimate of drug-likeness (QED) is 0.811. The fourth-order valence-electron chi connectivity index (χ4n) is 3.15. The third-order valence-corrected chi connectivity index (χ3v) is 5.29. The Morgan fingerprint density at radius 3 is 2.44 bits per heavy atom. The van der Waals surface area contributed by atoms with Crippen molar-refractivity contribution in [2.24, 2.45) is 0 Å². The summed E-state index contributed by atoms with van der Waals surface area (Å²) >= 11 is 11.5. The fraction of sp³-hybridized carbons (Fsp3) is 0.350. The number of anilines is 1. The summed E-state index contributed by atoms with van der Waals surface area (Å²) < 4.78 is 0. The number of nitrogens with one attached hydrogen (secondary N) is 1. The Hall–Kier alpha value is -1.78. The standard InChI is InChI=1S/C20H24ClN3S/c1-15-3-9-19(10-4-15)24-12-11-23(14-16(24)2)20(25)22-13-17-5-7-18(21)8-6-17/h3-10,16H,11-14H2,1-2H3,(H,22,25)/t16-/m1/s1. The van der Waals surface area contributed by atoms with E-state index >= 15 is 0 Å². The van der Waals surface area contributed by atoms with Crippen LogP contribution in [0.15, 0.2) is 48.5 Å². The number of thiocarbonyl (C=S) groups is 1. The maximum atomic E-state index is 5.93. The summed E-state index contributed by atoms with van der Waals surface area (Å²) in [6, 6.07) is 17.0. The average molecular weight is 374 g/mol. The number of benzene rings is 2. The van der Waals surface area contributed by atoms with Gasteiger partial charge in [0.25, 0.3) is 0 Å². The van der Waals surface area contributed by atoms with Gasteiger partial charge in [-0.05, 0) is 55.9 Å². The van der Waals surface area contributed by atoms with Crippen LogP contribution in [0.5, 0.6) is 0 Å². The molecule has 2 aromatic rings. The number of halogens is 1. The van der Waals surface area contributed by atoms with Crippen LogP contribution in [0, 0.1) is 6.92 Å². The van der Waals surface area contributed by atoms with Crippen LogP contribution in [0.25, 0.3) is 0 Å². The molecule has 1 atom stereocenters. The summed E-state index contributed by atoms with van der Waals surface area (Å²) in [6.45, 7) is 7.95. The van der Waals surface area contributed by atoms with Crippen molar-refractivity contribution >= 4 is 34.6 Å². The number of nitrogens with zero attached hydrogens (tertiary/aromatic N) is 2. The van der Waals surface area contributed by atoms with Gasteiger partial charge in [-0.3, -0.25) is 0 Å².